The normalized spacial score (nSPS) is 16.1. The van der Waals surface area contributed by atoms with Gasteiger partial charge in [-0.05, 0) is 43.9 Å². The van der Waals surface area contributed by atoms with E-state index in [0.717, 1.165) is 16.8 Å². The molecule has 0 unspecified atom stereocenters. The van der Waals surface area contributed by atoms with Crippen LogP contribution in [0.4, 0.5) is 0 Å². The summed E-state index contributed by atoms with van der Waals surface area (Å²) >= 11 is 0. The summed E-state index contributed by atoms with van der Waals surface area (Å²) in [5, 5.41) is 0. The van der Waals surface area contributed by atoms with E-state index in [2.05, 4.69) is 45.9 Å². The van der Waals surface area contributed by atoms with Gasteiger partial charge in [-0.15, -0.1) is 0 Å². The molecule has 1 N–H and O–H groups in total. The Balaban J connectivity index is 1.85. The Morgan fingerprint density at radius 2 is 2.04 bits per heavy atom. The molecule has 0 amide bonds. The second kappa shape index (κ2) is 5.76. The second-order valence-corrected chi connectivity index (χ2v) is 6.52. The molecule has 0 aliphatic heterocycles. The molecule has 0 atom stereocenters. The zero-order valence-corrected chi connectivity index (χ0v) is 13.8. The Kier molecular flexibility index (Phi) is 3.60. The first-order valence-electron chi connectivity index (χ1n) is 8.47. The molecule has 120 valence electrons. The van der Waals surface area contributed by atoms with Crippen LogP contribution < -0.4 is 4.74 Å². The molecule has 1 aromatic carbocycles. The van der Waals surface area contributed by atoms with Gasteiger partial charge in [-0.1, -0.05) is 19.3 Å². The number of imidazole rings is 1. The number of rotatable bonds is 3. The first-order valence-corrected chi connectivity index (χ1v) is 8.47. The lowest BCUT2D eigenvalue weighted by Crippen LogP contribution is -2.11. The van der Waals surface area contributed by atoms with Crippen LogP contribution in [0.1, 0.15) is 49.3 Å². The van der Waals surface area contributed by atoms with Crippen molar-refractivity contribution in [2.45, 2.75) is 44.9 Å². The first kappa shape index (κ1) is 14.4. The van der Waals surface area contributed by atoms with Crippen molar-refractivity contribution in [3.8, 4) is 11.4 Å². The topological polar surface area (TPSA) is 42.8 Å². The van der Waals surface area contributed by atoms with E-state index in [0.29, 0.717) is 5.92 Å². The number of fused-ring (bicyclic) bond motifs is 1. The maximum absolute atomic E-state index is 5.61. The maximum atomic E-state index is 5.61. The number of aromatic nitrogens is 3. The van der Waals surface area contributed by atoms with Crippen molar-refractivity contribution in [3.05, 3.63) is 42.0 Å². The average Bonchev–Trinajstić information content (AvgIpc) is 3.18. The van der Waals surface area contributed by atoms with Crippen molar-refractivity contribution in [1.82, 2.24) is 14.5 Å². The smallest absolute Gasteiger partial charge is 0.140 e. The quantitative estimate of drug-likeness (QED) is 0.761. The third-order valence-corrected chi connectivity index (χ3v) is 5.15. The molecule has 2 aromatic heterocycles. The van der Waals surface area contributed by atoms with E-state index in [-0.39, 0.29) is 0 Å². The highest BCUT2D eigenvalue weighted by Gasteiger charge is 2.24. The lowest BCUT2D eigenvalue weighted by Gasteiger charge is -2.24. The van der Waals surface area contributed by atoms with Crippen LogP contribution in [0.25, 0.3) is 16.7 Å². The lowest BCUT2D eigenvalue weighted by atomic mass is 9.85. The summed E-state index contributed by atoms with van der Waals surface area (Å²) in [4.78, 5) is 7.52. The van der Waals surface area contributed by atoms with Gasteiger partial charge in [-0.3, -0.25) is 0 Å². The SMILES string of the molecule is COc1cn(-c2ccc3nc[nH]c3c2)c(C2CCCCC2)c1C. The van der Waals surface area contributed by atoms with Gasteiger partial charge in [0.2, 0.25) is 0 Å². The predicted octanol–water partition coefficient (Wildman–Crippen LogP) is 4.72. The number of hydrogen-bond acceptors (Lipinski definition) is 2. The molecule has 0 saturated heterocycles. The molecule has 4 heteroatoms. The summed E-state index contributed by atoms with van der Waals surface area (Å²) in [6.45, 7) is 2.19. The van der Waals surface area contributed by atoms with E-state index in [1.807, 2.05) is 0 Å². The van der Waals surface area contributed by atoms with Crippen molar-refractivity contribution < 1.29 is 4.74 Å². The Hall–Kier alpha value is -2.23. The second-order valence-electron chi connectivity index (χ2n) is 6.52. The Morgan fingerprint density at radius 3 is 2.83 bits per heavy atom. The third-order valence-electron chi connectivity index (χ3n) is 5.15. The van der Waals surface area contributed by atoms with Gasteiger partial charge in [-0.25, -0.2) is 4.98 Å². The highest BCUT2D eigenvalue weighted by Crippen LogP contribution is 2.39. The van der Waals surface area contributed by atoms with Crippen LogP contribution in [0.5, 0.6) is 5.75 Å². The molecule has 1 aliphatic carbocycles. The monoisotopic (exact) mass is 309 g/mol. The van der Waals surface area contributed by atoms with Gasteiger partial charge in [0.15, 0.2) is 0 Å². The van der Waals surface area contributed by atoms with Crippen molar-refractivity contribution in [1.29, 1.82) is 0 Å². The van der Waals surface area contributed by atoms with Gasteiger partial charge in [0, 0.05) is 16.9 Å². The van der Waals surface area contributed by atoms with E-state index < -0.39 is 0 Å². The van der Waals surface area contributed by atoms with Crippen molar-refractivity contribution in [2.75, 3.05) is 7.11 Å². The molecule has 1 saturated carbocycles. The molecule has 0 spiro atoms. The predicted molar refractivity (Wildman–Crippen MR) is 92.5 cm³/mol. The van der Waals surface area contributed by atoms with Crippen LogP contribution in [0.3, 0.4) is 0 Å². The maximum Gasteiger partial charge on any atom is 0.140 e. The van der Waals surface area contributed by atoms with Crippen molar-refractivity contribution >= 4 is 11.0 Å². The average molecular weight is 309 g/mol. The molecule has 4 rings (SSSR count). The van der Waals surface area contributed by atoms with Crippen LogP contribution in [0.15, 0.2) is 30.7 Å². The molecule has 1 fully saturated rings. The number of benzene rings is 1. The minimum absolute atomic E-state index is 0.630. The van der Waals surface area contributed by atoms with E-state index in [4.69, 9.17) is 4.74 Å². The molecular formula is C19H23N3O. The van der Waals surface area contributed by atoms with E-state index in [1.165, 1.54) is 49.0 Å². The molecule has 23 heavy (non-hydrogen) atoms. The van der Waals surface area contributed by atoms with Crippen LogP contribution in [-0.2, 0) is 0 Å². The molecular weight excluding hydrogens is 286 g/mol. The third kappa shape index (κ3) is 2.42. The number of aromatic amines is 1. The number of hydrogen-bond donors (Lipinski definition) is 1. The minimum atomic E-state index is 0.630. The largest absolute Gasteiger partial charge is 0.495 e. The summed E-state index contributed by atoms with van der Waals surface area (Å²) in [6, 6.07) is 6.40. The standard InChI is InChI=1S/C19H23N3O/c1-13-18(23-2)11-22(19(13)14-6-4-3-5-7-14)15-8-9-16-17(10-15)21-12-20-16/h8-12,14H,3-7H2,1-2H3,(H,20,21). The Morgan fingerprint density at radius 1 is 1.22 bits per heavy atom. The number of nitrogens with zero attached hydrogens (tertiary/aromatic N) is 2. The summed E-state index contributed by atoms with van der Waals surface area (Å²) in [7, 11) is 1.76. The fourth-order valence-corrected chi connectivity index (χ4v) is 3.96. The Labute approximate surface area is 136 Å². The number of methoxy groups -OCH3 is 1. The summed E-state index contributed by atoms with van der Waals surface area (Å²) < 4.78 is 7.93. The van der Waals surface area contributed by atoms with Crippen LogP contribution >= 0.6 is 0 Å². The van der Waals surface area contributed by atoms with Gasteiger partial charge in [0.1, 0.15) is 5.75 Å². The van der Waals surface area contributed by atoms with Crippen LogP contribution in [-0.4, -0.2) is 21.6 Å². The van der Waals surface area contributed by atoms with Crippen molar-refractivity contribution in [2.24, 2.45) is 0 Å². The highest BCUT2D eigenvalue weighted by molar-refractivity contribution is 5.77. The highest BCUT2D eigenvalue weighted by atomic mass is 16.5. The number of ether oxygens (including phenoxy) is 1. The lowest BCUT2D eigenvalue weighted by molar-refractivity contribution is 0.410. The van der Waals surface area contributed by atoms with Crippen LogP contribution in [0, 0.1) is 6.92 Å². The fourth-order valence-electron chi connectivity index (χ4n) is 3.96. The minimum Gasteiger partial charge on any atom is -0.495 e. The summed E-state index contributed by atoms with van der Waals surface area (Å²) in [5.74, 6) is 1.61. The van der Waals surface area contributed by atoms with E-state index in [9.17, 15) is 0 Å². The van der Waals surface area contributed by atoms with Gasteiger partial charge >= 0.3 is 0 Å². The molecule has 0 bridgehead atoms. The first-order chi connectivity index (χ1) is 11.3. The number of H-pyrrole nitrogens is 1. The molecule has 3 aromatic rings. The van der Waals surface area contributed by atoms with Gasteiger partial charge in [0.05, 0.1) is 30.7 Å². The van der Waals surface area contributed by atoms with Gasteiger partial charge in [0.25, 0.3) is 0 Å². The van der Waals surface area contributed by atoms with Crippen LogP contribution in [0.2, 0.25) is 0 Å². The molecule has 4 nitrogen and oxygen atoms in total. The number of nitrogens with one attached hydrogen (secondary N) is 1. The molecule has 0 radical (unpaired) electrons. The summed E-state index contributed by atoms with van der Waals surface area (Å²) in [5.41, 5.74) is 5.95. The van der Waals surface area contributed by atoms with E-state index >= 15 is 0 Å². The van der Waals surface area contributed by atoms with Gasteiger partial charge < -0.3 is 14.3 Å². The Bertz CT molecular complexity index is 824. The molecule has 2 heterocycles. The van der Waals surface area contributed by atoms with Gasteiger partial charge in [-0.2, -0.15) is 0 Å². The zero-order chi connectivity index (χ0) is 15.8. The molecule has 1 aliphatic rings. The summed E-state index contributed by atoms with van der Waals surface area (Å²) in [6.07, 6.45) is 10.5. The van der Waals surface area contributed by atoms with Crippen molar-refractivity contribution in [3.63, 3.8) is 0 Å². The zero-order valence-electron chi connectivity index (χ0n) is 13.8. The van der Waals surface area contributed by atoms with E-state index in [1.54, 1.807) is 13.4 Å². The fraction of sp³-hybridized carbons (Fsp3) is 0.421.